The molecule has 0 amide bonds. The van der Waals surface area contributed by atoms with Gasteiger partial charge in [0, 0.05) is 8.95 Å². The fraction of sp³-hybridized carbons (Fsp3) is 0.364. The molecule has 4 heteroatoms. The van der Waals surface area contributed by atoms with Crippen molar-refractivity contribution in [3.63, 3.8) is 0 Å². The quantitative estimate of drug-likeness (QED) is 0.783. The second-order valence-corrected chi connectivity index (χ2v) is 4.91. The Morgan fingerprint density at radius 2 is 2.13 bits per heavy atom. The molecule has 2 nitrogen and oxygen atoms in total. The van der Waals surface area contributed by atoms with Gasteiger partial charge in [0.1, 0.15) is 0 Å². The highest BCUT2D eigenvalue weighted by Gasteiger charge is 2.18. The molecule has 0 saturated carbocycles. The number of halogens is 2. The molecule has 0 saturated heterocycles. The predicted octanol–water partition coefficient (Wildman–Crippen LogP) is 3.88. The number of carbonyl (C=O) groups excluding carboxylic acids is 1. The van der Waals surface area contributed by atoms with Crippen LogP contribution in [0.15, 0.2) is 27.1 Å². The van der Waals surface area contributed by atoms with Crippen molar-refractivity contribution in [1.29, 1.82) is 0 Å². The zero-order valence-electron chi connectivity index (χ0n) is 8.59. The Balaban J connectivity index is 2.91. The van der Waals surface area contributed by atoms with Crippen LogP contribution in [-0.4, -0.2) is 12.6 Å². The first-order valence-electron chi connectivity index (χ1n) is 4.67. The molecule has 82 valence electrons. The fourth-order valence-corrected chi connectivity index (χ4v) is 2.64. The van der Waals surface area contributed by atoms with Crippen LogP contribution in [0.5, 0.6) is 0 Å². The van der Waals surface area contributed by atoms with Gasteiger partial charge in [-0.25, -0.2) is 0 Å². The lowest BCUT2D eigenvalue weighted by atomic mass is 10.0. The van der Waals surface area contributed by atoms with Gasteiger partial charge in [0.2, 0.25) is 0 Å². The minimum absolute atomic E-state index is 0.194. The number of carbonyl (C=O) groups is 1. The second-order valence-electron chi connectivity index (χ2n) is 3.14. The van der Waals surface area contributed by atoms with E-state index in [1.54, 1.807) is 6.92 Å². The van der Waals surface area contributed by atoms with Crippen LogP contribution in [0.3, 0.4) is 0 Å². The highest BCUT2D eigenvalue weighted by Crippen LogP contribution is 2.28. The minimum Gasteiger partial charge on any atom is -0.466 e. The average molecular weight is 336 g/mol. The van der Waals surface area contributed by atoms with Gasteiger partial charge in [-0.05, 0) is 31.5 Å². The van der Waals surface area contributed by atoms with Crippen LogP contribution in [0.2, 0.25) is 0 Å². The summed E-state index contributed by atoms with van der Waals surface area (Å²) in [5, 5.41) is 0. The molecule has 1 aromatic carbocycles. The van der Waals surface area contributed by atoms with Crippen LogP contribution in [-0.2, 0) is 9.53 Å². The third-order valence-corrected chi connectivity index (χ3v) is 3.25. The van der Waals surface area contributed by atoms with E-state index >= 15 is 0 Å². The van der Waals surface area contributed by atoms with Crippen molar-refractivity contribution >= 4 is 37.8 Å². The minimum atomic E-state index is -0.243. The first-order valence-corrected chi connectivity index (χ1v) is 6.26. The summed E-state index contributed by atoms with van der Waals surface area (Å²) >= 11 is 6.80. The standard InChI is InChI=1S/C11H12Br2O2/c1-3-15-11(14)7(2)9-5-4-8(12)6-10(9)13/h4-7H,3H2,1-2H3. The molecule has 0 spiro atoms. The Morgan fingerprint density at radius 1 is 1.47 bits per heavy atom. The molecule has 0 N–H and O–H groups in total. The van der Waals surface area contributed by atoms with Gasteiger partial charge in [-0.1, -0.05) is 37.9 Å². The SMILES string of the molecule is CCOC(=O)C(C)c1ccc(Br)cc1Br. The first kappa shape index (κ1) is 12.7. The van der Waals surface area contributed by atoms with E-state index in [0.717, 1.165) is 14.5 Å². The molecule has 1 rings (SSSR count). The number of hydrogen-bond donors (Lipinski definition) is 0. The summed E-state index contributed by atoms with van der Waals surface area (Å²) in [6.07, 6.45) is 0. The maximum Gasteiger partial charge on any atom is 0.313 e. The molecule has 0 aliphatic rings. The van der Waals surface area contributed by atoms with E-state index in [9.17, 15) is 4.79 Å². The van der Waals surface area contributed by atoms with Crippen LogP contribution in [0.4, 0.5) is 0 Å². The molecular weight excluding hydrogens is 324 g/mol. The van der Waals surface area contributed by atoms with Crippen LogP contribution in [0, 0.1) is 0 Å². The third-order valence-electron chi connectivity index (χ3n) is 2.07. The Bertz CT molecular complexity index is 364. The Morgan fingerprint density at radius 3 is 2.67 bits per heavy atom. The maximum absolute atomic E-state index is 11.5. The molecule has 1 atom stereocenters. The van der Waals surface area contributed by atoms with Crippen molar-refractivity contribution in [3.8, 4) is 0 Å². The van der Waals surface area contributed by atoms with E-state index in [2.05, 4.69) is 31.9 Å². The van der Waals surface area contributed by atoms with Crippen LogP contribution >= 0.6 is 31.9 Å². The van der Waals surface area contributed by atoms with E-state index < -0.39 is 0 Å². The zero-order chi connectivity index (χ0) is 11.4. The van der Waals surface area contributed by atoms with Gasteiger partial charge < -0.3 is 4.74 Å². The van der Waals surface area contributed by atoms with Crippen LogP contribution in [0.25, 0.3) is 0 Å². The first-order chi connectivity index (χ1) is 7.06. The molecule has 15 heavy (non-hydrogen) atoms. The number of benzene rings is 1. The molecule has 0 aliphatic carbocycles. The largest absolute Gasteiger partial charge is 0.466 e. The topological polar surface area (TPSA) is 26.3 Å². The third kappa shape index (κ3) is 3.31. The summed E-state index contributed by atoms with van der Waals surface area (Å²) in [6.45, 7) is 4.06. The van der Waals surface area contributed by atoms with E-state index in [1.807, 2.05) is 25.1 Å². The lowest BCUT2D eigenvalue weighted by Crippen LogP contribution is -2.13. The van der Waals surface area contributed by atoms with Crippen molar-refractivity contribution in [2.75, 3.05) is 6.61 Å². The van der Waals surface area contributed by atoms with Gasteiger partial charge in [0.15, 0.2) is 0 Å². The number of ether oxygens (including phenoxy) is 1. The number of hydrogen-bond acceptors (Lipinski definition) is 2. The summed E-state index contributed by atoms with van der Waals surface area (Å²) in [6, 6.07) is 5.75. The molecule has 0 bridgehead atoms. The van der Waals surface area contributed by atoms with E-state index in [-0.39, 0.29) is 11.9 Å². The second kappa shape index (κ2) is 5.66. The lowest BCUT2D eigenvalue weighted by Gasteiger charge is -2.12. The summed E-state index contributed by atoms with van der Waals surface area (Å²) < 4.78 is 6.87. The molecule has 0 heterocycles. The summed E-state index contributed by atoms with van der Waals surface area (Å²) in [5.41, 5.74) is 0.941. The van der Waals surface area contributed by atoms with Gasteiger partial charge in [-0.15, -0.1) is 0 Å². The molecule has 0 aromatic heterocycles. The van der Waals surface area contributed by atoms with E-state index in [4.69, 9.17) is 4.74 Å². The highest BCUT2D eigenvalue weighted by atomic mass is 79.9. The van der Waals surface area contributed by atoms with Crippen molar-refractivity contribution in [2.24, 2.45) is 0 Å². The summed E-state index contributed by atoms with van der Waals surface area (Å²) in [7, 11) is 0. The van der Waals surface area contributed by atoms with E-state index in [1.165, 1.54) is 0 Å². The smallest absolute Gasteiger partial charge is 0.313 e. The molecule has 0 radical (unpaired) electrons. The van der Waals surface area contributed by atoms with Crippen molar-refractivity contribution in [3.05, 3.63) is 32.7 Å². The summed E-state index contributed by atoms with van der Waals surface area (Å²) in [4.78, 5) is 11.5. The van der Waals surface area contributed by atoms with Crippen molar-refractivity contribution in [2.45, 2.75) is 19.8 Å². The average Bonchev–Trinajstić information content (AvgIpc) is 2.17. The molecular formula is C11H12Br2O2. The van der Waals surface area contributed by atoms with Crippen molar-refractivity contribution in [1.82, 2.24) is 0 Å². The van der Waals surface area contributed by atoms with Crippen LogP contribution in [0.1, 0.15) is 25.3 Å². The van der Waals surface area contributed by atoms with Crippen molar-refractivity contribution < 1.29 is 9.53 Å². The van der Waals surface area contributed by atoms with Gasteiger partial charge in [0.25, 0.3) is 0 Å². The molecule has 1 unspecified atom stereocenters. The predicted molar refractivity (Wildman–Crippen MR) is 66.9 cm³/mol. The number of rotatable bonds is 3. The maximum atomic E-state index is 11.5. The van der Waals surface area contributed by atoms with Gasteiger partial charge >= 0.3 is 5.97 Å². The van der Waals surface area contributed by atoms with Crippen LogP contribution < -0.4 is 0 Å². The fourth-order valence-electron chi connectivity index (χ4n) is 1.25. The molecule has 0 fully saturated rings. The molecule has 0 aliphatic heterocycles. The Kier molecular flexibility index (Phi) is 4.80. The molecule has 1 aromatic rings. The Hall–Kier alpha value is -0.350. The van der Waals surface area contributed by atoms with Gasteiger partial charge in [0.05, 0.1) is 12.5 Å². The normalized spacial score (nSPS) is 12.3. The monoisotopic (exact) mass is 334 g/mol. The lowest BCUT2D eigenvalue weighted by molar-refractivity contribution is -0.144. The van der Waals surface area contributed by atoms with Gasteiger partial charge in [-0.3, -0.25) is 4.79 Å². The van der Waals surface area contributed by atoms with E-state index in [0.29, 0.717) is 6.61 Å². The van der Waals surface area contributed by atoms with Gasteiger partial charge in [-0.2, -0.15) is 0 Å². The zero-order valence-corrected chi connectivity index (χ0v) is 11.8. The number of esters is 1. The summed E-state index contributed by atoms with van der Waals surface area (Å²) in [5.74, 6) is -0.437. The highest BCUT2D eigenvalue weighted by molar-refractivity contribution is 9.11. The Labute approximate surface area is 106 Å².